The molecule has 0 radical (unpaired) electrons. The van der Waals surface area contributed by atoms with Gasteiger partial charge in [0.05, 0.1) is 12.2 Å². The summed E-state index contributed by atoms with van der Waals surface area (Å²) in [5, 5.41) is 7.31. The Balaban J connectivity index is 1.81. The van der Waals surface area contributed by atoms with Crippen molar-refractivity contribution in [2.24, 2.45) is 7.05 Å². The number of amides is 1. The Morgan fingerprint density at radius 3 is 3.05 bits per heavy atom. The molecule has 1 aliphatic rings. The van der Waals surface area contributed by atoms with Gasteiger partial charge < -0.3 is 5.32 Å². The van der Waals surface area contributed by atoms with Gasteiger partial charge in [-0.1, -0.05) is 0 Å². The van der Waals surface area contributed by atoms with Crippen molar-refractivity contribution < 1.29 is 9.18 Å². The lowest BCUT2D eigenvalue weighted by atomic mass is 9.92. The Hall–Kier alpha value is -2.17. The van der Waals surface area contributed by atoms with Crippen LogP contribution in [0.5, 0.6) is 0 Å². The Bertz CT molecular complexity index is 693. The topological polar surface area (TPSA) is 46.9 Å². The van der Waals surface area contributed by atoms with Crippen LogP contribution in [0.25, 0.3) is 0 Å². The summed E-state index contributed by atoms with van der Waals surface area (Å²) in [5.74, 6) is -0.460. The van der Waals surface area contributed by atoms with Gasteiger partial charge in [-0.25, -0.2) is 4.39 Å². The zero-order chi connectivity index (χ0) is 15.0. The van der Waals surface area contributed by atoms with Crippen LogP contribution in [0, 0.1) is 12.7 Å². The Morgan fingerprint density at radius 2 is 2.29 bits per heavy atom. The van der Waals surface area contributed by atoms with E-state index in [-0.39, 0.29) is 17.8 Å². The first-order valence-electron chi connectivity index (χ1n) is 7.14. The summed E-state index contributed by atoms with van der Waals surface area (Å²) in [5.41, 5.74) is 3.25. The normalized spacial score (nSPS) is 17.4. The minimum Gasteiger partial charge on any atom is -0.345 e. The van der Waals surface area contributed by atoms with Crippen LogP contribution in [0.2, 0.25) is 0 Å². The molecule has 0 spiro atoms. The highest BCUT2D eigenvalue weighted by atomic mass is 19.1. The van der Waals surface area contributed by atoms with E-state index in [4.69, 9.17) is 0 Å². The zero-order valence-corrected chi connectivity index (χ0v) is 12.2. The number of benzene rings is 1. The maximum Gasteiger partial charge on any atom is 0.251 e. The van der Waals surface area contributed by atoms with Crippen LogP contribution in [0.15, 0.2) is 24.4 Å². The van der Waals surface area contributed by atoms with Crippen molar-refractivity contribution in [1.29, 1.82) is 0 Å². The highest BCUT2D eigenvalue weighted by molar-refractivity contribution is 5.94. The number of hydrogen-bond donors (Lipinski definition) is 1. The lowest BCUT2D eigenvalue weighted by Crippen LogP contribution is -2.31. The number of nitrogens with zero attached hydrogens (tertiary/aromatic N) is 2. The number of rotatable bonds is 2. The summed E-state index contributed by atoms with van der Waals surface area (Å²) >= 11 is 0. The van der Waals surface area contributed by atoms with Crippen molar-refractivity contribution in [2.45, 2.75) is 32.2 Å². The number of nitrogens with one attached hydrogen (secondary N) is 1. The van der Waals surface area contributed by atoms with Crippen LogP contribution in [-0.4, -0.2) is 15.7 Å². The molecule has 0 bridgehead atoms. The first kappa shape index (κ1) is 13.8. The molecule has 1 atom stereocenters. The third-order valence-corrected chi connectivity index (χ3v) is 4.10. The second kappa shape index (κ2) is 5.31. The molecule has 4 nitrogen and oxygen atoms in total. The lowest BCUT2D eigenvalue weighted by Gasteiger charge is -2.23. The van der Waals surface area contributed by atoms with Crippen LogP contribution in [0.3, 0.4) is 0 Å². The fourth-order valence-electron chi connectivity index (χ4n) is 2.88. The maximum absolute atomic E-state index is 13.3. The monoisotopic (exact) mass is 287 g/mol. The van der Waals surface area contributed by atoms with E-state index in [2.05, 4.69) is 10.4 Å². The Labute approximate surface area is 123 Å². The van der Waals surface area contributed by atoms with E-state index in [9.17, 15) is 9.18 Å². The van der Waals surface area contributed by atoms with Gasteiger partial charge in [0.1, 0.15) is 5.82 Å². The molecule has 0 aliphatic heterocycles. The molecular weight excluding hydrogens is 269 g/mol. The van der Waals surface area contributed by atoms with E-state index in [0.717, 1.165) is 24.8 Å². The minimum atomic E-state index is -0.293. The van der Waals surface area contributed by atoms with Crippen molar-refractivity contribution in [3.8, 4) is 0 Å². The number of aromatic nitrogens is 2. The molecule has 1 N–H and O–H groups in total. The van der Waals surface area contributed by atoms with Gasteiger partial charge >= 0.3 is 0 Å². The number of fused-ring (bicyclic) bond motifs is 1. The highest BCUT2D eigenvalue weighted by Crippen LogP contribution is 2.29. The van der Waals surface area contributed by atoms with Gasteiger partial charge in [0.25, 0.3) is 5.91 Å². The summed E-state index contributed by atoms with van der Waals surface area (Å²) < 4.78 is 15.1. The van der Waals surface area contributed by atoms with Crippen molar-refractivity contribution in [1.82, 2.24) is 15.1 Å². The van der Waals surface area contributed by atoms with Crippen LogP contribution < -0.4 is 5.32 Å². The molecule has 1 unspecified atom stereocenters. The van der Waals surface area contributed by atoms with E-state index in [1.54, 1.807) is 13.0 Å². The van der Waals surface area contributed by atoms with Gasteiger partial charge in [-0.05, 0) is 49.9 Å². The third kappa shape index (κ3) is 2.55. The Morgan fingerprint density at radius 1 is 1.48 bits per heavy atom. The van der Waals surface area contributed by atoms with Crippen LogP contribution >= 0.6 is 0 Å². The quantitative estimate of drug-likeness (QED) is 0.923. The third-order valence-electron chi connectivity index (χ3n) is 4.10. The van der Waals surface area contributed by atoms with Gasteiger partial charge in [0.15, 0.2) is 0 Å². The molecule has 1 amide bonds. The molecule has 2 aromatic rings. The van der Waals surface area contributed by atoms with Crippen molar-refractivity contribution in [3.05, 3.63) is 52.6 Å². The Kier molecular flexibility index (Phi) is 3.49. The smallest absolute Gasteiger partial charge is 0.251 e. The molecule has 21 heavy (non-hydrogen) atoms. The summed E-state index contributed by atoms with van der Waals surface area (Å²) in [7, 11) is 1.92. The van der Waals surface area contributed by atoms with E-state index in [1.807, 2.05) is 17.9 Å². The first-order chi connectivity index (χ1) is 10.1. The number of carbonyl (C=O) groups excluding carboxylic acids is 1. The molecule has 110 valence electrons. The minimum absolute atomic E-state index is 0.0136. The molecule has 3 rings (SSSR count). The molecular formula is C16H18FN3O. The van der Waals surface area contributed by atoms with Gasteiger partial charge in [0.2, 0.25) is 0 Å². The van der Waals surface area contributed by atoms with Crippen LogP contribution in [-0.2, 0) is 13.5 Å². The summed E-state index contributed by atoms with van der Waals surface area (Å²) in [4.78, 5) is 12.3. The molecule has 1 aromatic carbocycles. The van der Waals surface area contributed by atoms with Crippen molar-refractivity contribution >= 4 is 5.91 Å². The number of carbonyl (C=O) groups is 1. The number of aryl methyl sites for hydroxylation is 2. The highest BCUT2D eigenvalue weighted by Gasteiger charge is 2.25. The van der Waals surface area contributed by atoms with Crippen LogP contribution in [0.4, 0.5) is 4.39 Å². The zero-order valence-electron chi connectivity index (χ0n) is 12.2. The van der Waals surface area contributed by atoms with Gasteiger partial charge in [-0.3, -0.25) is 9.48 Å². The van der Waals surface area contributed by atoms with E-state index >= 15 is 0 Å². The summed E-state index contributed by atoms with van der Waals surface area (Å²) in [6, 6.07) is 4.42. The van der Waals surface area contributed by atoms with E-state index in [0.29, 0.717) is 11.1 Å². The molecule has 5 heteroatoms. The average Bonchev–Trinajstić information content (AvgIpc) is 2.85. The largest absolute Gasteiger partial charge is 0.345 e. The molecule has 1 aliphatic carbocycles. The SMILES string of the molecule is Cc1cc(C(=O)NC2CCCc3c2cnn3C)ccc1F. The molecule has 0 saturated carbocycles. The van der Waals surface area contributed by atoms with E-state index < -0.39 is 0 Å². The molecule has 1 heterocycles. The second-order valence-corrected chi connectivity index (χ2v) is 5.55. The number of hydrogen-bond acceptors (Lipinski definition) is 2. The second-order valence-electron chi connectivity index (χ2n) is 5.55. The van der Waals surface area contributed by atoms with Gasteiger partial charge in [-0.15, -0.1) is 0 Å². The van der Waals surface area contributed by atoms with E-state index in [1.165, 1.54) is 17.8 Å². The summed E-state index contributed by atoms with van der Waals surface area (Å²) in [6.07, 6.45) is 4.76. The molecule has 0 fully saturated rings. The van der Waals surface area contributed by atoms with Gasteiger partial charge in [-0.2, -0.15) is 5.10 Å². The molecule has 0 saturated heterocycles. The van der Waals surface area contributed by atoms with Crippen molar-refractivity contribution in [3.63, 3.8) is 0 Å². The standard InChI is InChI=1S/C16H18FN3O/c1-10-8-11(6-7-13(10)17)16(21)19-14-4-3-5-15-12(14)9-18-20(15)2/h6-9,14H,3-5H2,1-2H3,(H,19,21). The average molecular weight is 287 g/mol. The molecule has 1 aromatic heterocycles. The van der Waals surface area contributed by atoms with Crippen molar-refractivity contribution in [2.75, 3.05) is 0 Å². The fraction of sp³-hybridized carbons (Fsp3) is 0.375. The van der Waals surface area contributed by atoms with Crippen LogP contribution in [0.1, 0.15) is 46.1 Å². The van der Waals surface area contributed by atoms with Gasteiger partial charge in [0, 0.05) is 23.9 Å². The first-order valence-corrected chi connectivity index (χ1v) is 7.14. The fourth-order valence-corrected chi connectivity index (χ4v) is 2.88. The lowest BCUT2D eigenvalue weighted by molar-refractivity contribution is 0.0932. The predicted molar refractivity (Wildman–Crippen MR) is 77.5 cm³/mol. The maximum atomic E-state index is 13.3. The predicted octanol–water partition coefficient (Wildman–Crippen LogP) is 2.68. The summed E-state index contributed by atoms with van der Waals surface area (Å²) in [6.45, 7) is 1.66. The number of halogens is 1.